The molecule has 4 nitrogen and oxygen atoms in total. The van der Waals surface area contributed by atoms with Crippen LogP contribution in [0, 0.1) is 11.3 Å². The van der Waals surface area contributed by atoms with Crippen LogP contribution in [-0.4, -0.2) is 28.8 Å². The summed E-state index contributed by atoms with van der Waals surface area (Å²) < 4.78 is 0. The highest BCUT2D eigenvalue weighted by atomic mass is 32.1. The number of rotatable bonds is 3. The molecule has 1 aromatic heterocycles. The molecule has 0 radical (unpaired) electrons. The van der Waals surface area contributed by atoms with Crippen molar-refractivity contribution in [1.29, 1.82) is 5.41 Å². The summed E-state index contributed by atoms with van der Waals surface area (Å²) in [7, 11) is 0. The topological polar surface area (TPSA) is 66.0 Å². The van der Waals surface area contributed by atoms with Crippen LogP contribution >= 0.6 is 11.3 Å². The van der Waals surface area contributed by atoms with Crippen LogP contribution in [0.3, 0.4) is 0 Å². The molecule has 0 unspecified atom stereocenters. The van der Waals surface area contributed by atoms with Gasteiger partial charge in [0.05, 0.1) is 11.4 Å². The maximum Gasteiger partial charge on any atom is 0.134 e. The Labute approximate surface area is 100.0 Å². The number of nitrogen functional groups attached to an aromatic ring is 1. The third-order valence-corrected chi connectivity index (χ3v) is 4.07. The van der Waals surface area contributed by atoms with E-state index in [0.29, 0.717) is 0 Å². The molecule has 2 heterocycles. The summed E-state index contributed by atoms with van der Waals surface area (Å²) in [6.07, 6.45) is 4.27. The van der Waals surface area contributed by atoms with Crippen molar-refractivity contribution < 1.29 is 0 Å². The van der Waals surface area contributed by atoms with Gasteiger partial charge in [0.1, 0.15) is 10.8 Å². The molecule has 16 heavy (non-hydrogen) atoms. The summed E-state index contributed by atoms with van der Waals surface area (Å²) >= 11 is 1.53. The van der Waals surface area contributed by atoms with Gasteiger partial charge in [-0.1, -0.05) is 6.92 Å². The second-order valence-corrected chi connectivity index (χ2v) is 5.61. The van der Waals surface area contributed by atoms with Crippen molar-refractivity contribution >= 4 is 17.2 Å². The number of piperidine rings is 1. The number of nitrogens with two attached hydrogens (primary N) is 1. The molecule has 2 rings (SSSR count). The fourth-order valence-corrected chi connectivity index (χ4v) is 2.74. The smallest absolute Gasteiger partial charge is 0.134 e. The molecule has 0 bridgehead atoms. The van der Waals surface area contributed by atoms with E-state index in [0.717, 1.165) is 35.4 Å². The van der Waals surface area contributed by atoms with Crippen molar-refractivity contribution in [3.63, 3.8) is 0 Å². The first kappa shape index (κ1) is 11.5. The van der Waals surface area contributed by atoms with Crippen LogP contribution in [0.15, 0.2) is 6.20 Å². The van der Waals surface area contributed by atoms with Gasteiger partial charge in [-0.25, -0.2) is 4.98 Å². The van der Waals surface area contributed by atoms with Crippen LogP contribution in [0.5, 0.6) is 0 Å². The molecule has 1 aliphatic heterocycles. The maximum absolute atomic E-state index is 7.33. The van der Waals surface area contributed by atoms with Gasteiger partial charge in [0.25, 0.3) is 0 Å². The first-order valence-electron chi connectivity index (χ1n) is 5.66. The molecule has 1 aliphatic rings. The van der Waals surface area contributed by atoms with Crippen LogP contribution in [0.1, 0.15) is 29.7 Å². The number of hydrogen-bond donors (Lipinski definition) is 2. The normalized spacial score (nSPS) is 18.8. The summed E-state index contributed by atoms with van der Waals surface area (Å²) in [5, 5.41) is 8.40. The van der Waals surface area contributed by atoms with E-state index in [-0.39, 0.29) is 5.84 Å². The van der Waals surface area contributed by atoms with E-state index < -0.39 is 0 Å². The van der Waals surface area contributed by atoms with Gasteiger partial charge < -0.3 is 5.73 Å². The highest BCUT2D eigenvalue weighted by Gasteiger charge is 2.17. The fraction of sp³-hybridized carbons (Fsp3) is 0.636. The Bertz CT molecular complexity index is 366. The second-order valence-electron chi connectivity index (χ2n) is 4.49. The molecule has 0 amide bonds. The van der Waals surface area contributed by atoms with Crippen LogP contribution in [-0.2, 0) is 6.54 Å². The molecule has 1 saturated heterocycles. The van der Waals surface area contributed by atoms with E-state index in [4.69, 9.17) is 11.1 Å². The van der Waals surface area contributed by atoms with E-state index in [2.05, 4.69) is 16.8 Å². The van der Waals surface area contributed by atoms with Gasteiger partial charge in [0.15, 0.2) is 0 Å². The maximum atomic E-state index is 7.33. The van der Waals surface area contributed by atoms with Crippen molar-refractivity contribution in [3.8, 4) is 0 Å². The third kappa shape index (κ3) is 2.80. The van der Waals surface area contributed by atoms with E-state index in [1.807, 2.05) is 0 Å². The van der Waals surface area contributed by atoms with E-state index in [9.17, 15) is 0 Å². The Kier molecular flexibility index (Phi) is 3.56. The van der Waals surface area contributed by atoms with Crippen molar-refractivity contribution in [1.82, 2.24) is 9.88 Å². The number of thiazole rings is 1. The predicted molar refractivity (Wildman–Crippen MR) is 66.8 cm³/mol. The Morgan fingerprint density at radius 1 is 1.62 bits per heavy atom. The van der Waals surface area contributed by atoms with Gasteiger partial charge in [-0.05, 0) is 31.8 Å². The summed E-state index contributed by atoms with van der Waals surface area (Å²) in [5.74, 6) is 0.983. The van der Waals surface area contributed by atoms with E-state index >= 15 is 0 Å². The molecule has 0 saturated carbocycles. The van der Waals surface area contributed by atoms with Crippen LogP contribution in [0.2, 0.25) is 0 Å². The minimum Gasteiger partial charge on any atom is -0.383 e. The van der Waals surface area contributed by atoms with Crippen LogP contribution in [0.4, 0.5) is 0 Å². The van der Waals surface area contributed by atoms with Gasteiger partial charge in [0.2, 0.25) is 0 Å². The van der Waals surface area contributed by atoms with Crippen molar-refractivity contribution in [3.05, 3.63) is 16.1 Å². The van der Waals surface area contributed by atoms with Crippen LogP contribution in [0.25, 0.3) is 0 Å². The fourth-order valence-electron chi connectivity index (χ4n) is 1.92. The zero-order valence-electron chi connectivity index (χ0n) is 9.57. The minimum absolute atomic E-state index is 0.121. The number of nitrogens with one attached hydrogen (secondary N) is 1. The van der Waals surface area contributed by atoms with E-state index in [1.54, 1.807) is 6.20 Å². The SMILES string of the molecule is CC1CCN(Cc2ncc(C(=N)N)s2)CC1. The highest BCUT2D eigenvalue weighted by Crippen LogP contribution is 2.20. The van der Waals surface area contributed by atoms with Gasteiger partial charge in [-0.15, -0.1) is 11.3 Å². The molecular formula is C11H18N4S. The first-order valence-corrected chi connectivity index (χ1v) is 6.48. The van der Waals surface area contributed by atoms with E-state index in [1.165, 1.54) is 24.2 Å². The number of aromatic nitrogens is 1. The number of amidine groups is 1. The van der Waals surface area contributed by atoms with Crippen molar-refractivity contribution in [2.45, 2.75) is 26.3 Å². The summed E-state index contributed by atoms with van der Waals surface area (Å²) in [4.78, 5) is 7.52. The molecule has 0 atom stereocenters. The summed E-state index contributed by atoms with van der Waals surface area (Å²) in [5.41, 5.74) is 5.42. The number of nitrogens with zero attached hydrogens (tertiary/aromatic N) is 2. The lowest BCUT2D eigenvalue weighted by Gasteiger charge is -2.29. The Hall–Kier alpha value is -0.940. The number of hydrogen-bond acceptors (Lipinski definition) is 4. The lowest BCUT2D eigenvalue weighted by atomic mass is 9.99. The monoisotopic (exact) mass is 238 g/mol. The molecule has 1 fully saturated rings. The zero-order valence-corrected chi connectivity index (χ0v) is 10.4. The van der Waals surface area contributed by atoms with Gasteiger partial charge in [-0.2, -0.15) is 0 Å². The Morgan fingerprint density at radius 2 is 2.31 bits per heavy atom. The third-order valence-electron chi connectivity index (χ3n) is 3.05. The average Bonchev–Trinajstić information content (AvgIpc) is 2.70. The molecule has 1 aromatic rings. The Morgan fingerprint density at radius 3 is 2.88 bits per heavy atom. The minimum atomic E-state index is 0.121. The lowest BCUT2D eigenvalue weighted by molar-refractivity contribution is 0.185. The predicted octanol–water partition coefficient (Wildman–Crippen LogP) is 1.66. The lowest BCUT2D eigenvalue weighted by Crippen LogP contribution is -2.32. The summed E-state index contributed by atoms with van der Waals surface area (Å²) in [6.45, 7) is 5.55. The second kappa shape index (κ2) is 4.93. The molecule has 88 valence electrons. The van der Waals surface area contributed by atoms with Gasteiger partial charge in [-0.3, -0.25) is 10.3 Å². The molecule has 0 aliphatic carbocycles. The first-order chi connectivity index (χ1) is 7.65. The zero-order chi connectivity index (χ0) is 11.5. The molecule has 3 N–H and O–H groups in total. The van der Waals surface area contributed by atoms with Crippen LogP contribution < -0.4 is 5.73 Å². The standard InChI is InChI=1S/C11H18N4S/c1-8-2-4-15(5-3-8)7-10-14-6-9(16-10)11(12)13/h6,8H,2-5,7H2,1H3,(H3,12,13). The molecule has 0 spiro atoms. The van der Waals surface area contributed by atoms with Crippen molar-refractivity contribution in [2.24, 2.45) is 11.7 Å². The average molecular weight is 238 g/mol. The number of likely N-dealkylation sites (tertiary alicyclic amines) is 1. The molecule has 5 heteroatoms. The summed E-state index contributed by atoms with van der Waals surface area (Å²) in [6, 6.07) is 0. The van der Waals surface area contributed by atoms with Gasteiger partial charge in [0, 0.05) is 6.20 Å². The highest BCUT2D eigenvalue weighted by molar-refractivity contribution is 7.13. The molecule has 0 aromatic carbocycles. The van der Waals surface area contributed by atoms with Crippen molar-refractivity contribution in [2.75, 3.05) is 13.1 Å². The quantitative estimate of drug-likeness (QED) is 0.621. The van der Waals surface area contributed by atoms with Gasteiger partial charge >= 0.3 is 0 Å². The molecular weight excluding hydrogens is 220 g/mol. The Balaban J connectivity index is 1.91. The largest absolute Gasteiger partial charge is 0.383 e.